The Morgan fingerprint density at radius 2 is 1.83 bits per heavy atom. The molecule has 118 valence electrons. The molecule has 0 aliphatic rings. The van der Waals surface area contributed by atoms with E-state index in [0.29, 0.717) is 0 Å². The van der Waals surface area contributed by atoms with Crippen LogP contribution in [0.5, 0.6) is 0 Å². The van der Waals surface area contributed by atoms with Gasteiger partial charge in [0.25, 0.3) is 0 Å². The molecule has 0 aliphatic carbocycles. The highest BCUT2D eigenvalue weighted by Gasteiger charge is 2.11. The van der Waals surface area contributed by atoms with Gasteiger partial charge in [-0.25, -0.2) is 4.98 Å². The van der Waals surface area contributed by atoms with Gasteiger partial charge in [0, 0.05) is 23.8 Å². The Kier molecular flexibility index (Phi) is 4.46. The van der Waals surface area contributed by atoms with Gasteiger partial charge in [0.15, 0.2) is 0 Å². The van der Waals surface area contributed by atoms with Crippen LogP contribution in [0.2, 0.25) is 0 Å². The van der Waals surface area contributed by atoms with Gasteiger partial charge in [0.05, 0.1) is 9.92 Å². The minimum Gasteiger partial charge on any atom is -0.370 e. The monoisotopic (exact) mass is 365 g/mol. The van der Waals surface area contributed by atoms with E-state index in [2.05, 4.69) is 32.2 Å². The molecule has 0 aromatic carbocycles. The standard InChI is InChI=1S/C13H11N5O2S3/c1-17(2)11-6-4-9(22-11)8-3-5-10(21-8)15-16-13-14-7-12(23-13)18(19)20/h3-7H,1-2H3/b16-15+. The number of rotatable bonds is 5. The van der Waals surface area contributed by atoms with Gasteiger partial charge in [0.2, 0.25) is 5.13 Å². The summed E-state index contributed by atoms with van der Waals surface area (Å²) in [4.78, 5) is 18.3. The van der Waals surface area contributed by atoms with Crippen LogP contribution in [0, 0.1) is 10.1 Å². The van der Waals surface area contributed by atoms with Crippen LogP contribution in [0.25, 0.3) is 9.75 Å². The predicted molar refractivity (Wildman–Crippen MR) is 94.9 cm³/mol. The van der Waals surface area contributed by atoms with E-state index in [1.165, 1.54) is 27.4 Å². The number of anilines is 1. The fourth-order valence-corrected chi connectivity index (χ4v) is 4.09. The molecule has 0 bridgehead atoms. The Labute approximate surface area is 143 Å². The van der Waals surface area contributed by atoms with Gasteiger partial charge in [-0.2, -0.15) is 0 Å². The lowest BCUT2D eigenvalue weighted by Gasteiger charge is -2.06. The first kappa shape index (κ1) is 15.7. The lowest BCUT2D eigenvalue weighted by molar-refractivity contribution is -0.380. The highest BCUT2D eigenvalue weighted by atomic mass is 32.1. The molecule has 3 aromatic rings. The summed E-state index contributed by atoms with van der Waals surface area (Å²) in [5.41, 5.74) is 0. The summed E-state index contributed by atoms with van der Waals surface area (Å²) in [5.74, 6) is 0. The molecule has 3 heterocycles. The molecule has 3 aromatic heterocycles. The van der Waals surface area contributed by atoms with Crippen molar-refractivity contribution in [3.8, 4) is 9.75 Å². The minimum absolute atomic E-state index is 0.0411. The van der Waals surface area contributed by atoms with Gasteiger partial charge in [-0.05, 0) is 35.6 Å². The van der Waals surface area contributed by atoms with Crippen molar-refractivity contribution in [3.05, 3.63) is 40.6 Å². The first-order chi connectivity index (χ1) is 11.0. The molecule has 23 heavy (non-hydrogen) atoms. The predicted octanol–water partition coefficient (Wildman–Crippen LogP) is 5.32. The quantitative estimate of drug-likeness (QED) is 0.348. The normalized spacial score (nSPS) is 11.2. The number of azo groups is 1. The van der Waals surface area contributed by atoms with Crippen LogP contribution >= 0.6 is 34.0 Å². The number of nitro groups is 1. The summed E-state index contributed by atoms with van der Waals surface area (Å²) < 4.78 is 0. The van der Waals surface area contributed by atoms with Crippen molar-refractivity contribution in [2.75, 3.05) is 19.0 Å². The van der Waals surface area contributed by atoms with Crippen molar-refractivity contribution < 1.29 is 4.92 Å². The number of hydrogen-bond acceptors (Lipinski definition) is 9. The third-order valence-electron chi connectivity index (χ3n) is 2.76. The first-order valence-corrected chi connectivity index (χ1v) is 8.87. The summed E-state index contributed by atoms with van der Waals surface area (Å²) >= 11 is 4.13. The van der Waals surface area contributed by atoms with Crippen molar-refractivity contribution >= 4 is 54.1 Å². The minimum atomic E-state index is -0.487. The van der Waals surface area contributed by atoms with Gasteiger partial charge in [-0.15, -0.1) is 32.9 Å². The zero-order valence-electron chi connectivity index (χ0n) is 12.2. The number of thiophene rings is 2. The second kappa shape index (κ2) is 6.52. The van der Waals surface area contributed by atoms with E-state index in [1.807, 2.05) is 26.2 Å². The summed E-state index contributed by atoms with van der Waals surface area (Å²) in [5, 5.41) is 20.8. The van der Waals surface area contributed by atoms with E-state index in [1.54, 1.807) is 11.3 Å². The fourth-order valence-electron chi connectivity index (χ4n) is 1.69. The summed E-state index contributed by atoms with van der Waals surface area (Å²) in [6.45, 7) is 0. The highest BCUT2D eigenvalue weighted by Crippen LogP contribution is 2.39. The molecule has 3 rings (SSSR count). The third-order valence-corrected chi connectivity index (χ3v) is 6.01. The molecule has 0 fully saturated rings. The van der Waals surface area contributed by atoms with Crippen molar-refractivity contribution in [1.82, 2.24) is 4.98 Å². The summed E-state index contributed by atoms with van der Waals surface area (Å²) in [6.07, 6.45) is 1.19. The SMILES string of the molecule is CN(C)c1ccc(-c2ccc(/N=N/c3ncc([N+](=O)[O-])s3)s2)s1. The van der Waals surface area contributed by atoms with E-state index >= 15 is 0 Å². The largest absolute Gasteiger partial charge is 0.370 e. The highest BCUT2D eigenvalue weighted by molar-refractivity contribution is 7.25. The van der Waals surface area contributed by atoms with E-state index in [0.717, 1.165) is 21.2 Å². The van der Waals surface area contributed by atoms with Gasteiger partial charge in [0.1, 0.15) is 11.2 Å². The molecule has 0 saturated heterocycles. The fraction of sp³-hybridized carbons (Fsp3) is 0.154. The maximum atomic E-state index is 10.6. The maximum absolute atomic E-state index is 10.6. The number of hydrogen-bond donors (Lipinski definition) is 0. The Morgan fingerprint density at radius 3 is 2.48 bits per heavy atom. The molecule has 0 atom stereocenters. The molecule has 0 radical (unpaired) electrons. The topological polar surface area (TPSA) is 84.0 Å². The Bertz CT molecular complexity index is 864. The molecule has 0 unspecified atom stereocenters. The van der Waals surface area contributed by atoms with Crippen LogP contribution in [0.3, 0.4) is 0 Å². The molecular weight excluding hydrogens is 354 g/mol. The number of nitrogens with zero attached hydrogens (tertiary/aromatic N) is 5. The molecule has 10 heteroatoms. The molecule has 0 amide bonds. The molecule has 0 aliphatic heterocycles. The number of aromatic nitrogens is 1. The zero-order chi connectivity index (χ0) is 16.4. The van der Waals surface area contributed by atoms with E-state index in [-0.39, 0.29) is 10.1 Å². The van der Waals surface area contributed by atoms with Crippen molar-refractivity contribution in [2.24, 2.45) is 10.2 Å². The third kappa shape index (κ3) is 3.60. The smallest absolute Gasteiger partial charge is 0.345 e. The molecule has 7 nitrogen and oxygen atoms in total. The molecule has 0 N–H and O–H groups in total. The van der Waals surface area contributed by atoms with Crippen LogP contribution in [0.1, 0.15) is 0 Å². The van der Waals surface area contributed by atoms with Gasteiger partial charge in [-0.1, -0.05) is 0 Å². The lowest BCUT2D eigenvalue weighted by Crippen LogP contribution is -2.05. The van der Waals surface area contributed by atoms with Gasteiger partial charge in [-0.3, -0.25) is 10.1 Å². The second-order valence-corrected chi connectivity index (χ2v) is 7.72. The Hall–Kier alpha value is -2.17. The Balaban J connectivity index is 1.75. The van der Waals surface area contributed by atoms with Crippen LogP contribution in [-0.2, 0) is 0 Å². The Morgan fingerprint density at radius 1 is 1.09 bits per heavy atom. The average Bonchev–Trinajstić information content (AvgIpc) is 3.24. The van der Waals surface area contributed by atoms with Crippen LogP contribution in [-0.4, -0.2) is 24.0 Å². The first-order valence-electron chi connectivity index (χ1n) is 6.42. The lowest BCUT2D eigenvalue weighted by atomic mass is 10.4. The van der Waals surface area contributed by atoms with E-state index < -0.39 is 4.92 Å². The maximum Gasteiger partial charge on any atom is 0.345 e. The molecule has 0 spiro atoms. The average molecular weight is 365 g/mol. The van der Waals surface area contributed by atoms with Gasteiger partial charge >= 0.3 is 5.00 Å². The van der Waals surface area contributed by atoms with Crippen LogP contribution in [0.4, 0.5) is 20.1 Å². The van der Waals surface area contributed by atoms with Crippen LogP contribution < -0.4 is 4.90 Å². The number of thiazole rings is 1. The van der Waals surface area contributed by atoms with Crippen LogP contribution in [0.15, 0.2) is 40.7 Å². The van der Waals surface area contributed by atoms with E-state index in [4.69, 9.17) is 0 Å². The second-order valence-electron chi connectivity index (χ2n) is 4.61. The summed E-state index contributed by atoms with van der Waals surface area (Å²) in [7, 11) is 4.02. The van der Waals surface area contributed by atoms with Gasteiger partial charge < -0.3 is 4.90 Å². The van der Waals surface area contributed by atoms with Crippen molar-refractivity contribution in [3.63, 3.8) is 0 Å². The summed E-state index contributed by atoms with van der Waals surface area (Å²) in [6, 6.07) is 8.03. The zero-order valence-corrected chi connectivity index (χ0v) is 14.6. The van der Waals surface area contributed by atoms with Crippen molar-refractivity contribution in [1.29, 1.82) is 0 Å². The molecule has 0 saturated carbocycles. The van der Waals surface area contributed by atoms with E-state index in [9.17, 15) is 10.1 Å². The van der Waals surface area contributed by atoms with Crippen molar-refractivity contribution in [2.45, 2.75) is 0 Å². The molecular formula is C13H11N5O2S3.